The Morgan fingerprint density at radius 1 is 1.29 bits per heavy atom. The van der Waals surface area contributed by atoms with E-state index in [0.29, 0.717) is 5.15 Å². The van der Waals surface area contributed by atoms with Gasteiger partial charge in [0.1, 0.15) is 11.0 Å². The standard InChI is InChI=1S/C13H14ClN3/c1-9(2)13-16-11(7-12(14)17-13)6-10-4-3-5-15-8-10/h3-5,7-9H,6H2,1-2H3. The van der Waals surface area contributed by atoms with Crippen molar-refractivity contribution in [3.05, 3.63) is 52.8 Å². The van der Waals surface area contributed by atoms with Crippen molar-refractivity contribution in [2.75, 3.05) is 0 Å². The molecule has 0 aromatic carbocycles. The van der Waals surface area contributed by atoms with Crippen LogP contribution in [0.5, 0.6) is 0 Å². The van der Waals surface area contributed by atoms with Crippen LogP contribution in [0.4, 0.5) is 0 Å². The van der Waals surface area contributed by atoms with Gasteiger partial charge < -0.3 is 0 Å². The zero-order valence-corrected chi connectivity index (χ0v) is 10.6. The first kappa shape index (κ1) is 12.0. The summed E-state index contributed by atoms with van der Waals surface area (Å²) in [7, 11) is 0. The highest BCUT2D eigenvalue weighted by atomic mass is 35.5. The minimum absolute atomic E-state index is 0.279. The molecule has 0 fully saturated rings. The molecule has 4 heteroatoms. The summed E-state index contributed by atoms with van der Waals surface area (Å²) < 4.78 is 0. The fraction of sp³-hybridized carbons (Fsp3) is 0.308. The van der Waals surface area contributed by atoms with E-state index in [1.807, 2.05) is 18.3 Å². The maximum absolute atomic E-state index is 5.99. The topological polar surface area (TPSA) is 38.7 Å². The summed E-state index contributed by atoms with van der Waals surface area (Å²) >= 11 is 5.99. The van der Waals surface area contributed by atoms with Crippen molar-refractivity contribution in [1.82, 2.24) is 15.0 Å². The minimum atomic E-state index is 0.279. The number of rotatable bonds is 3. The smallest absolute Gasteiger partial charge is 0.133 e. The van der Waals surface area contributed by atoms with Crippen LogP contribution in [-0.4, -0.2) is 15.0 Å². The molecule has 0 bridgehead atoms. The van der Waals surface area contributed by atoms with E-state index in [1.165, 1.54) is 0 Å². The lowest BCUT2D eigenvalue weighted by Crippen LogP contribution is -2.02. The number of hydrogen-bond donors (Lipinski definition) is 0. The molecule has 17 heavy (non-hydrogen) atoms. The van der Waals surface area contributed by atoms with Crippen molar-refractivity contribution in [3.8, 4) is 0 Å². The third-order valence-electron chi connectivity index (χ3n) is 2.39. The number of hydrogen-bond acceptors (Lipinski definition) is 3. The molecule has 0 radical (unpaired) electrons. The predicted octanol–water partition coefficient (Wildman–Crippen LogP) is 3.24. The third-order valence-corrected chi connectivity index (χ3v) is 2.58. The van der Waals surface area contributed by atoms with Crippen LogP contribution in [0.3, 0.4) is 0 Å². The van der Waals surface area contributed by atoms with Crippen LogP contribution in [0.2, 0.25) is 5.15 Å². The van der Waals surface area contributed by atoms with Gasteiger partial charge in [0.25, 0.3) is 0 Å². The zero-order chi connectivity index (χ0) is 12.3. The fourth-order valence-electron chi connectivity index (χ4n) is 1.54. The molecule has 0 aliphatic rings. The van der Waals surface area contributed by atoms with Crippen molar-refractivity contribution < 1.29 is 0 Å². The highest BCUT2D eigenvalue weighted by Crippen LogP contribution is 2.16. The van der Waals surface area contributed by atoms with Crippen molar-refractivity contribution >= 4 is 11.6 Å². The second-order valence-corrected chi connectivity index (χ2v) is 4.62. The van der Waals surface area contributed by atoms with Gasteiger partial charge in [0.15, 0.2) is 0 Å². The maximum atomic E-state index is 5.99. The van der Waals surface area contributed by atoms with E-state index in [-0.39, 0.29) is 5.92 Å². The lowest BCUT2D eigenvalue weighted by atomic mass is 10.1. The third kappa shape index (κ3) is 3.24. The van der Waals surface area contributed by atoms with Gasteiger partial charge in [-0.25, -0.2) is 9.97 Å². The van der Waals surface area contributed by atoms with Gasteiger partial charge >= 0.3 is 0 Å². The molecule has 88 valence electrons. The Kier molecular flexibility index (Phi) is 3.69. The van der Waals surface area contributed by atoms with E-state index in [0.717, 1.165) is 23.5 Å². The molecule has 0 spiro atoms. The quantitative estimate of drug-likeness (QED) is 0.782. The maximum Gasteiger partial charge on any atom is 0.133 e. The summed E-state index contributed by atoms with van der Waals surface area (Å²) in [6.07, 6.45) is 4.33. The van der Waals surface area contributed by atoms with Gasteiger partial charge in [0.2, 0.25) is 0 Å². The highest BCUT2D eigenvalue weighted by molar-refractivity contribution is 6.29. The van der Waals surface area contributed by atoms with Crippen LogP contribution in [-0.2, 0) is 6.42 Å². The lowest BCUT2D eigenvalue weighted by Gasteiger charge is -2.07. The van der Waals surface area contributed by atoms with Crippen LogP contribution in [0, 0.1) is 0 Å². The zero-order valence-electron chi connectivity index (χ0n) is 9.89. The van der Waals surface area contributed by atoms with Crippen molar-refractivity contribution in [2.24, 2.45) is 0 Å². The van der Waals surface area contributed by atoms with E-state index in [1.54, 1.807) is 12.3 Å². The van der Waals surface area contributed by atoms with E-state index in [9.17, 15) is 0 Å². The molecule has 3 nitrogen and oxygen atoms in total. The average Bonchev–Trinajstić information content (AvgIpc) is 2.29. The van der Waals surface area contributed by atoms with Crippen LogP contribution in [0.1, 0.15) is 36.8 Å². The second kappa shape index (κ2) is 5.23. The van der Waals surface area contributed by atoms with Crippen LogP contribution < -0.4 is 0 Å². The molecule has 0 aliphatic heterocycles. The number of nitrogens with zero attached hydrogens (tertiary/aromatic N) is 3. The van der Waals surface area contributed by atoms with E-state index < -0.39 is 0 Å². The first-order chi connectivity index (χ1) is 8.15. The molecule has 0 saturated heterocycles. The van der Waals surface area contributed by atoms with Gasteiger partial charge in [-0.3, -0.25) is 4.98 Å². The molecule has 0 amide bonds. The summed E-state index contributed by atoms with van der Waals surface area (Å²) in [5.74, 6) is 1.07. The summed E-state index contributed by atoms with van der Waals surface area (Å²) in [5.41, 5.74) is 2.05. The second-order valence-electron chi connectivity index (χ2n) is 4.23. The Balaban J connectivity index is 2.27. The lowest BCUT2D eigenvalue weighted by molar-refractivity contribution is 0.761. The number of aromatic nitrogens is 3. The Labute approximate surface area is 106 Å². The molecule has 2 heterocycles. The number of pyridine rings is 1. The molecule has 0 atom stereocenters. The summed E-state index contributed by atoms with van der Waals surface area (Å²) in [5, 5.41) is 0.502. The predicted molar refractivity (Wildman–Crippen MR) is 68.2 cm³/mol. The fourth-order valence-corrected chi connectivity index (χ4v) is 1.76. The van der Waals surface area contributed by atoms with Crippen molar-refractivity contribution in [3.63, 3.8) is 0 Å². The van der Waals surface area contributed by atoms with Gasteiger partial charge in [-0.1, -0.05) is 31.5 Å². The summed E-state index contributed by atoms with van der Waals surface area (Å²) in [6, 6.07) is 5.75. The van der Waals surface area contributed by atoms with E-state index in [2.05, 4.69) is 28.8 Å². The minimum Gasteiger partial charge on any atom is -0.264 e. The summed E-state index contributed by atoms with van der Waals surface area (Å²) in [4.78, 5) is 12.8. The molecular weight excluding hydrogens is 234 g/mol. The molecule has 0 N–H and O–H groups in total. The SMILES string of the molecule is CC(C)c1nc(Cl)cc(Cc2cccnc2)n1. The molecule has 0 saturated carbocycles. The monoisotopic (exact) mass is 247 g/mol. The Bertz CT molecular complexity index is 497. The normalized spacial score (nSPS) is 10.8. The van der Waals surface area contributed by atoms with Crippen LogP contribution >= 0.6 is 11.6 Å². The average molecular weight is 248 g/mol. The van der Waals surface area contributed by atoms with Crippen LogP contribution in [0.15, 0.2) is 30.6 Å². The molecule has 2 rings (SSSR count). The highest BCUT2D eigenvalue weighted by Gasteiger charge is 2.07. The van der Waals surface area contributed by atoms with Gasteiger partial charge in [-0.15, -0.1) is 0 Å². The molecular formula is C13H14ClN3. The Morgan fingerprint density at radius 2 is 2.12 bits per heavy atom. The Hall–Kier alpha value is -1.48. The van der Waals surface area contributed by atoms with Gasteiger partial charge in [0, 0.05) is 24.7 Å². The molecule has 0 unspecified atom stereocenters. The largest absolute Gasteiger partial charge is 0.264 e. The van der Waals surface area contributed by atoms with Gasteiger partial charge in [-0.2, -0.15) is 0 Å². The first-order valence-electron chi connectivity index (χ1n) is 5.57. The van der Waals surface area contributed by atoms with Crippen molar-refractivity contribution in [1.29, 1.82) is 0 Å². The molecule has 2 aromatic heterocycles. The van der Waals surface area contributed by atoms with E-state index >= 15 is 0 Å². The Morgan fingerprint density at radius 3 is 2.76 bits per heavy atom. The van der Waals surface area contributed by atoms with Gasteiger partial charge in [0.05, 0.1) is 5.69 Å². The van der Waals surface area contributed by atoms with Gasteiger partial charge in [-0.05, 0) is 17.7 Å². The molecule has 0 aliphatic carbocycles. The summed E-state index contributed by atoms with van der Waals surface area (Å²) in [6.45, 7) is 4.11. The van der Waals surface area contributed by atoms with Crippen LogP contribution in [0.25, 0.3) is 0 Å². The first-order valence-corrected chi connectivity index (χ1v) is 5.95. The van der Waals surface area contributed by atoms with Crippen molar-refractivity contribution in [2.45, 2.75) is 26.2 Å². The number of halogens is 1. The molecule has 2 aromatic rings. The van der Waals surface area contributed by atoms with E-state index in [4.69, 9.17) is 11.6 Å².